The van der Waals surface area contributed by atoms with Crippen LogP contribution in [0.3, 0.4) is 0 Å². The van der Waals surface area contributed by atoms with Crippen molar-refractivity contribution in [2.24, 2.45) is 0 Å². The van der Waals surface area contributed by atoms with Crippen LogP contribution in [0.25, 0.3) is 0 Å². The number of nitrogens with zero attached hydrogens (tertiary/aromatic N) is 3. The standard InChI is InChI=1S/C29H27Cl3N4O6S/c1-34-16-26-35(43(40,41)25-12-11-21(31)14-22(25)32)15-23(33-29(39)42-17-19-5-3-2-4-6-19)27(37)36(26)24(28(34)38)13-18-7-9-20(30)10-8-18/h2-12,14,23-24,26H,13,15-17H2,1H3,(H,33,39). The molecule has 14 heteroatoms. The van der Waals surface area contributed by atoms with Crippen LogP contribution in [0.2, 0.25) is 15.1 Å². The fourth-order valence-electron chi connectivity index (χ4n) is 5.21. The van der Waals surface area contributed by atoms with Gasteiger partial charge in [0.1, 0.15) is 29.8 Å². The number of sulfonamides is 1. The molecule has 2 fully saturated rings. The average molecular weight is 666 g/mol. The van der Waals surface area contributed by atoms with Crippen molar-refractivity contribution in [2.45, 2.75) is 36.2 Å². The van der Waals surface area contributed by atoms with Crippen LogP contribution in [0.5, 0.6) is 0 Å². The van der Waals surface area contributed by atoms with Gasteiger partial charge < -0.3 is 19.9 Å². The smallest absolute Gasteiger partial charge is 0.408 e. The zero-order valence-electron chi connectivity index (χ0n) is 22.8. The van der Waals surface area contributed by atoms with Crippen molar-refractivity contribution in [1.82, 2.24) is 19.4 Å². The molecule has 43 heavy (non-hydrogen) atoms. The van der Waals surface area contributed by atoms with Crippen LogP contribution in [-0.4, -0.2) is 78.8 Å². The molecule has 0 saturated carbocycles. The summed E-state index contributed by atoms with van der Waals surface area (Å²) in [6, 6.07) is 17.3. The highest BCUT2D eigenvalue weighted by Gasteiger charge is 2.53. The number of piperazine rings is 1. The van der Waals surface area contributed by atoms with Gasteiger partial charge in [-0.15, -0.1) is 0 Å². The van der Waals surface area contributed by atoms with Crippen LogP contribution < -0.4 is 5.32 Å². The summed E-state index contributed by atoms with van der Waals surface area (Å²) in [6.45, 7) is -0.584. The number of carbonyl (C=O) groups is 3. The summed E-state index contributed by atoms with van der Waals surface area (Å²) in [5.41, 5.74) is 1.43. The molecule has 0 radical (unpaired) electrons. The van der Waals surface area contributed by atoms with Gasteiger partial charge in [0.2, 0.25) is 21.8 Å². The van der Waals surface area contributed by atoms with Crippen molar-refractivity contribution in [3.8, 4) is 0 Å². The van der Waals surface area contributed by atoms with Gasteiger partial charge in [-0.25, -0.2) is 13.2 Å². The Kier molecular flexibility index (Phi) is 9.19. The van der Waals surface area contributed by atoms with Gasteiger partial charge in [-0.2, -0.15) is 4.31 Å². The molecule has 0 aliphatic carbocycles. The maximum absolute atomic E-state index is 14.1. The lowest BCUT2D eigenvalue weighted by atomic mass is 9.97. The third-order valence-corrected chi connectivity index (χ3v) is 10.2. The largest absolute Gasteiger partial charge is 0.445 e. The Bertz CT molecular complexity index is 1640. The van der Waals surface area contributed by atoms with E-state index in [0.717, 1.165) is 9.87 Å². The van der Waals surface area contributed by atoms with E-state index in [-0.39, 0.29) is 40.4 Å². The molecule has 10 nitrogen and oxygen atoms in total. The first kappa shape index (κ1) is 31.1. The molecule has 2 aliphatic rings. The van der Waals surface area contributed by atoms with Crippen molar-refractivity contribution in [2.75, 3.05) is 20.1 Å². The van der Waals surface area contributed by atoms with Gasteiger partial charge in [0, 0.05) is 30.1 Å². The summed E-state index contributed by atoms with van der Waals surface area (Å²) in [6.07, 6.45) is -1.91. The highest BCUT2D eigenvalue weighted by Crippen LogP contribution is 2.34. The number of likely N-dealkylation sites (N-methyl/N-ethyl adjacent to an activating group) is 1. The average Bonchev–Trinajstić information content (AvgIpc) is 2.97. The number of rotatable bonds is 7. The van der Waals surface area contributed by atoms with Crippen LogP contribution in [0.4, 0.5) is 4.79 Å². The molecule has 3 aromatic rings. The maximum Gasteiger partial charge on any atom is 0.408 e. The van der Waals surface area contributed by atoms with Crippen molar-refractivity contribution in [3.63, 3.8) is 0 Å². The number of amides is 3. The number of alkyl carbamates (subject to hydrolysis) is 1. The zero-order chi connectivity index (χ0) is 30.9. The topological polar surface area (TPSA) is 116 Å². The third kappa shape index (κ3) is 6.61. The van der Waals surface area contributed by atoms with E-state index in [4.69, 9.17) is 39.5 Å². The number of halogens is 3. The Morgan fingerprint density at radius 3 is 2.26 bits per heavy atom. The first-order valence-electron chi connectivity index (χ1n) is 13.2. The van der Waals surface area contributed by atoms with Crippen molar-refractivity contribution in [1.29, 1.82) is 0 Å². The minimum absolute atomic E-state index is 0.0647. The minimum atomic E-state index is -4.37. The van der Waals surface area contributed by atoms with E-state index in [1.165, 1.54) is 28.0 Å². The van der Waals surface area contributed by atoms with Gasteiger partial charge in [-0.1, -0.05) is 77.3 Å². The van der Waals surface area contributed by atoms with Crippen molar-refractivity contribution >= 4 is 62.7 Å². The van der Waals surface area contributed by atoms with E-state index in [9.17, 15) is 22.8 Å². The Morgan fingerprint density at radius 2 is 1.58 bits per heavy atom. The van der Waals surface area contributed by atoms with E-state index < -0.39 is 46.8 Å². The summed E-state index contributed by atoms with van der Waals surface area (Å²) >= 11 is 18.4. The fraction of sp³-hybridized carbons (Fsp3) is 0.276. The molecule has 5 rings (SSSR count). The van der Waals surface area contributed by atoms with Gasteiger partial charge in [0.15, 0.2) is 0 Å². The summed E-state index contributed by atoms with van der Waals surface area (Å²) < 4.78 is 34.6. The lowest BCUT2D eigenvalue weighted by Crippen LogP contribution is -2.75. The summed E-state index contributed by atoms with van der Waals surface area (Å²) in [5, 5.41) is 3.14. The van der Waals surface area contributed by atoms with Crippen LogP contribution in [-0.2, 0) is 37.4 Å². The molecule has 3 unspecified atom stereocenters. The summed E-state index contributed by atoms with van der Waals surface area (Å²) in [7, 11) is -2.82. The predicted octanol–water partition coefficient (Wildman–Crippen LogP) is 4.18. The Balaban J connectivity index is 1.50. The molecular formula is C29H27Cl3N4O6S. The Labute approximate surface area is 264 Å². The van der Waals surface area contributed by atoms with Gasteiger partial charge in [0.25, 0.3) is 0 Å². The predicted molar refractivity (Wildman–Crippen MR) is 161 cm³/mol. The fourth-order valence-corrected chi connectivity index (χ4v) is 7.67. The molecule has 1 N–H and O–H groups in total. The number of nitrogens with one attached hydrogen (secondary N) is 1. The molecule has 2 saturated heterocycles. The molecule has 0 aromatic heterocycles. The molecule has 3 aromatic carbocycles. The van der Waals surface area contributed by atoms with E-state index in [0.29, 0.717) is 10.6 Å². The van der Waals surface area contributed by atoms with Gasteiger partial charge in [-0.05, 0) is 41.5 Å². The molecule has 2 heterocycles. The molecule has 0 spiro atoms. The molecule has 3 atom stereocenters. The quantitative estimate of drug-likeness (QED) is 0.405. The van der Waals surface area contributed by atoms with Gasteiger partial charge in [0.05, 0.1) is 11.6 Å². The lowest BCUT2D eigenvalue weighted by molar-refractivity contribution is -0.165. The van der Waals surface area contributed by atoms with Gasteiger partial charge in [-0.3, -0.25) is 9.59 Å². The number of hydrogen-bond donors (Lipinski definition) is 1. The first-order valence-corrected chi connectivity index (χ1v) is 15.8. The normalized spacial score (nSPS) is 21.0. The van der Waals surface area contributed by atoms with E-state index in [1.54, 1.807) is 55.6 Å². The van der Waals surface area contributed by atoms with Gasteiger partial charge >= 0.3 is 6.09 Å². The number of fused-ring (bicyclic) bond motifs is 1. The zero-order valence-corrected chi connectivity index (χ0v) is 25.9. The second-order valence-corrected chi connectivity index (χ2v) is 13.3. The van der Waals surface area contributed by atoms with Crippen LogP contribution in [0, 0.1) is 0 Å². The van der Waals surface area contributed by atoms with E-state index >= 15 is 0 Å². The second kappa shape index (κ2) is 12.7. The molecular weight excluding hydrogens is 639 g/mol. The highest BCUT2D eigenvalue weighted by molar-refractivity contribution is 7.89. The summed E-state index contributed by atoms with van der Waals surface area (Å²) in [4.78, 5) is 42.7. The molecule has 226 valence electrons. The number of hydrogen-bond acceptors (Lipinski definition) is 6. The van der Waals surface area contributed by atoms with E-state index in [1.807, 2.05) is 6.07 Å². The molecule has 2 aliphatic heterocycles. The lowest BCUT2D eigenvalue weighted by Gasteiger charge is -2.52. The maximum atomic E-state index is 14.1. The third-order valence-electron chi connectivity index (χ3n) is 7.33. The van der Waals surface area contributed by atoms with Crippen molar-refractivity contribution < 1.29 is 27.5 Å². The SMILES string of the molecule is CN1CC2N(C(=O)C(NC(=O)OCc3ccccc3)CN2S(=O)(=O)c2ccc(Cl)cc2Cl)C(Cc2ccc(Cl)cc2)C1=O. The second-order valence-electron chi connectivity index (χ2n) is 10.2. The minimum Gasteiger partial charge on any atom is -0.445 e. The Hall–Kier alpha value is -3.35. The molecule has 3 amide bonds. The van der Waals surface area contributed by atoms with Crippen LogP contribution in [0.1, 0.15) is 11.1 Å². The van der Waals surface area contributed by atoms with E-state index in [2.05, 4.69) is 5.32 Å². The number of carbonyl (C=O) groups excluding carboxylic acids is 3. The first-order chi connectivity index (χ1) is 20.5. The van der Waals surface area contributed by atoms with Crippen LogP contribution >= 0.6 is 34.8 Å². The number of ether oxygens (including phenoxy) is 1. The summed E-state index contributed by atoms with van der Waals surface area (Å²) in [5.74, 6) is -0.996. The van der Waals surface area contributed by atoms with Crippen molar-refractivity contribution in [3.05, 3.63) is 99.0 Å². The number of benzene rings is 3. The monoisotopic (exact) mass is 664 g/mol. The highest BCUT2D eigenvalue weighted by atomic mass is 35.5. The molecule has 0 bridgehead atoms. The Morgan fingerprint density at radius 1 is 0.907 bits per heavy atom. The van der Waals surface area contributed by atoms with Crippen LogP contribution in [0.15, 0.2) is 77.7 Å².